The number of methoxy groups -OCH3 is 2. The minimum absolute atomic E-state index is 0.0987. The number of carbonyl (C=O) groups is 2. The molecule has 142 valence electrons. The molecule has 2 amide bonds. The Bertz CT molecular complexity index is 856. The van der Waals surface area contributed by atoms with Crippen LogP contribution in [0.25, 0.3) is 0 Å². The summed E-state index contributed by atoms with van der Waals surface area (Å²) in [4.78, 5) is 25.8. The van der Waals surface area contributed by atoms with Gasteiger partial charge in [0.05, 0.1) is 31.2 Å². The van der Waals surface area contributed by atoms with Crippen LogP contribution in [-0.4, -0.2) is 31.3 Å². The zero-order valence-electron chi connectivity index (χ0n) is 15.4. The summed E-state index contributed by atoms with van der Waals surface area (Å²) in [5, 5.41) is 5.34. The van der Waals surface area contributed by atoms with E-state index >= 15 is 0 Å². The molecular formula is C20H22N2O4S. The maximum absolute atomic E-state index is 12.5. The first-order valence-corrected chi connectivity index (χ1v) is 9.47. The van der Waals surface area contributed by atoms with Crippen LogP contribution < -0.4 is 20.1 Å². The number of hydrogen-bond donors (Lipinski definition) is 2. The summed E-state index contributed by atoms with van der Waals surface area (Å²) in [6, 6.07) is 12.7. The van der Waals surface area contributed by atoms with E-state index in [2.05, 4.69) is 10.6 Å². The van der Waals surface area contributed by atoms with Crippen LogP contribution in [0.3, 0.4) is 0 Å². The van der Waals surface area contributed by atoms with Crippen molar-refractivity contribution >= 4 is 29.3 Å². The van der Waals surface area contributed by atoms with Crippen molar-refractivity contribution in [2.45, 2.75) is 29.5 Å². The van der Waals surface area contributed by atoms with E-state index in [9.17, 15) is 9.59 Å². The second-order valence-electron chi connectivity index (χ2n) is 6.19. The maximum Gasteiger partial charge on any atom is 0.238 e. The SMILES string of the molecule is COc1ccc(OC)c([C@@H](C)NC(=O)C[C@@H]2Sc3ccccc3NC2=O)c1. The van der Waals surface area contributed by atoms with Gasteiger partial charge in [0, 0.05) is 16.9 Å². The van der Waals surface area contributed by atoms with Gasteiger partial charge in [0.15, 0.2) is 0 Å². The van der Waals surface area contributed by atoms with Crippen molar-refractivity contribution in [2.75, 3.05) is 19.5 Å². The van der Waals surface area contributed by atoms with Crippen molar-refractivity contribution < 1.29 is 19.1 Å². The van der Waals surface area contributed by atoms with Gasteiger partial charge in [-0.1, -0.05) is 12.1 Å². The Kier molecular flexibility index (Phi) is 5.91. The molecule has 0 aromatic heterocycles. The zero-order chi connectivity index (χ0) is 19.4. The highest BCUT2D eigenvalue weighted by Crippen LogP contribution is 2.36. The number of ether oxygens (including phenoxy) is 2. The quantitative estimate of drug-likeness (QED) is 0.796. The van der Waals surface area contributed by atoms with Gasteiger partial charge in [-0.3, -0.25) is 9.59 Å². The predicted octanol–water partition coefficient (Wildman–Crippen LogP) is 3.38. The molecule has 1 aliphatic heterocycles. The lowest BCUT2D eigenvalue weighted by Gasteiger charge is -2.24. The number of amides is 2. The van der Waals surface area contributed by atoms with Crippen LogP contribution in [0.5, 0.6) is 11.5 Å². The number of anilines is 1. The van der Waals surface area contributed by atoms with Crippen LogP contribution in [0.1, 0.15) is 24.9 Å². The standard InChI is InChI=1S/C20H22N2O4S/c1-12(14-10-13(25-2)8-9-16(14)26-3)21-19(23)11-18-20(24)22-15-6-4-5-7-17(15)27-18/h4-10,12,18H,11H2,1-3H3,(H,21,23)(H,22,24)/t12-,18+/m1/s1. The van der Waals surface area contributed by atoms with Gasteiger partial charge in [0.1, 0.15) is 11.5 Å². The van der Waals surface area contributed by atoms with Gasteiger partial charge in [-0.25, -0.2) is 0 Å². The molecule has 3 rings (SSSR count). The Hall–Kier alpha value is -2.67. The van der Waals surface area contributed by atoms with Gasteiger partial charge >= 0.3 is 0 Å². The second kappa shape index (κ2) is 8.35. The van der Waals surface area contributed by atoms with Crippen molar-refractivity contribution in [1.82, 2.24) is 5.32 Å². The molecule has 6 nitrogen and oxygen atoms in total. The molecule has 2 atom stereocenters. The van der Waals surface area contributed by atoms with E-state index in [1.54, 1.807) is 26.4 Å². The number of para-hydroxylation sites is 1. The number of rotatable bonds is 6. The number of hydrogen-bond acceptors (Lipinski definition) is 5. The number of fused-ring (bicyclic) bond motifs is 1. The van der Waals surface area contributed by atoms with E-state index in [0.717, 1.165) is 16.1 Å². The Morgan fingerprint density at radius 2 is 2.00 bits per heavy atom. The van der Waals surface area contributed by atoms with Crippen molar-refractivity contribution in [3.63, 3.8) is 0 Å². The molecule has 1 aliphatic rings. The van der Waals surface area contributed by atoms with Crippen LogP contribution in [0.4, 0.5) is 5.69 Å². The summed E-state index contributed by atoms with van der Waals surface area (Å²) in [5.41, 5.74) is 1.61. The van der Waals surface area contributed by atoms with Crippen molar-refractivity contribution in [3.8, 4) is 11.5 Å². The number of thioether (sulfide) groups is 1. The molecule has 1 heterocycles. The molecule has 0 saturated heterocycles. The second-order valence-corrected chi connectivity index (χ2v) is 7.44. The normalized spacial score (nSPS) is 16.7. The molecule has 0 saturated carbocycles. The van der Waals surface area contributed by atoms with Gasteiger partial charge in [0.2, 0.25) is 11.8 Å². The average molecular weight is 386 g/mol. The highest BCUT2D eigenvalue weighted by Gasteiger charge is 2.29. The van der Waals surface area contributed by atoms with Crippen molar-refractivity contribution in [1.29, 1.82) is 0 Å². The van der Waals surface area contributed by atoms with E-state index in [0.29, 0.717) is 11.5 Å². The smallest absolute Gasteiger partial charge is 0.238 e. The topological polar surface area (TPSA) is 76.7 Å². The van der Waals surface area contributed by atoms with Gasteiger partial charge in [0.25, 0.3) is 0 Å². The van der Waals surface area contributed by atoms with Gasteiger partial charge in [-0.2, -0.15) is 0 Å². The third-order valence-corrected chi connectivity index (χ3v) is 5.63. The Balaban J connectivity index is 1.67. The highest BCUT2D eigenvalue weighted by atomic mass is 32.2. The Morgan fingerprint density at radius 3 is 2.74 bits per heavy atom. The molecule has 2 N–H and O–H groups in total. The molecule has 7 heteroatoms. The van der Waals surface area contributed by atoms with Gasteiger partial charge < -0.3 is 20.1 Å². The van der Waals surface area contributed by atoms with Crippen molar-refractivity contribution in [3.05, 3.63) is 48.0 Å². The lowest BCUT2D eigenvalue weighted by Crippen LogP contribution is -2.35. The highest BCUT2D eigenvalue weighted by molar-refractivity contribution is 8.01. The first-order chi connectivity index (χ1) is 13.0. The zero-order valence-corrected chi connectivity index (χ0v) is 16.3. The Morgan fingerprint density at radius 1 is 1.22 bits per heavy atom. The summed E-state index contributed by atoms with van der Waals surface area (Å²) >= 11 is 1.41. The first kappa shape index (κ1) is 19.1. The third-order valence-electron chi connectivity index (χ3n) is 4.36. The first-order valence-electron chi connectivity index (χ1n) is 8.59. The molecule has 0 spiro atoms. The fraction of sp³-hybridized carbons (Fsp3) is 0.300. The van der Waals surface area contributed by atoms with E-state index in [1.807, 2.05) is 37.3 Å². The lowest BCUT2D eigenvalue weighted by molar-refractivity contribution is -0.124. The van der Waals surface area contributed by atoms with Crippen LogP contribution in [0.15, 0.2) is 47.4 Å². The molecule has 2 aromatic rings. The minimum Gasteiger partial charge on any atom is -0.497 e. The third kappa shape index (κ3) is 4.36. The number of nitrogens with one attached hydrogen (secondary N) is 2. The van der Waals surface area contributed by atoms with Crippen LogP contribution in [0.2, 0.25) is 0 Å². The fourth-order valence-electron chi connectivity index (χ4n) is 2.95. The molecule has 0 unspecified atom stereocenters. The number of benzene rings is 2. The maximum atomic E-state index is 12.5. The van der Waals surface area contributed by atoms with E-state index in [1.165, 1.54) is 11.8 Å². The minimum atomic E-state index is -0.459. The summed E-state index contributed by atoms with van der Waals surface area (Å²) in [6.45, 7) is 1.87. The molecule has 0 radical (unpaired) electrons. The summed E-state index contributed by atoms with van der Waals surface area (Å²) in [5.74, 6) is 1.01. The summed E-state index contributed by atoms with van der Waals surface area (Å²) in [6.07, 6.45) is 0.0987. The van der Waals surface area contributed by atoms with E-state index < -0.39 is 5.25 Å². The molecule has 0 aliphatic carbocycles. The monoisotopic (exact) mass is 386 g/mol. The van der Waals surface area contributed by atoms with E-state index in [-0.39, 0.29) is 24.3 Å². The Labute approximate surface area is 162 Å². The molecule has 0 fully saturated rings. The van der Waals surface area contributed by atoms with Gasteiger partial charge in [-0.15, -0.1) is 11.8 Å². The largest absolute Gasteiger partial charge is 0.497 e. The van der Waals surface area contributed by atoms with Crippen LogP contribution in [0, 0.1) is 0 Å². The van der Waals surface area contributed by atoms with Crippen LogP contribution in [-0.2, 0) is 9.59 Å². The average Bonchev–Trinajstić information content (AvgIpc) is 2.67. The molecule has 27 heavy (non-hydrogen) atoms. The van der Waals surface area contributed by atoms with Gasteiger partial charge in [-0.05, 0) is 37.3 Å². The molecule has 0 bridgehead atoms. The lowest BCUT2D eigenvalue weighted by atomic mass is 10.1. The molecular weight excluding hydrogens is 364 g/mol. The van der Waals surface area contributed by atoms with Crippen molar-refractivity contribution in [2.24, 2.45) is 0 Å². The predicted molar refractivity (Wildman–Crippen MR) is 105 cm³/mol. The van der Waals surface area contributed by atoms with E-state index in [4.69, 9.17) is 9.47 Å². The number of carbonyl (C=O) groups excluding carboxylic acids is 2. The summed E-state index contributed by atoms with van der Waals surface area (Å²) < 4.78 is 10.6. The van der Waals surface area contributed by atoms with Crippen LogP contribution >= 0.6 is 11.8 Å². The summed E-state index contributed by atoms with van der Waals surface area (Å²) in [7, 11) is 3.17. The fourth-order valence-corrected chi connectivity index (χ4v) is 4.06. The molecule has 2 aromatic carbocycles.